The summed E-state index contributed by atoms with van der Waals surface area (Å²) in [5, 5.41) is 9.80. The highest BCUT2D eigenvalue weighted by molar-refractivity contribution is 7.52. The minimum Gasteiger partial charge on any atom is -0.388 e. The zero-order valence-electron chi connectivity index (χ0n) is 11.6. The van der Waals surface area contributed by atoms with Crippen LogP contribution in [-0.2, 0) is 18.6 Å². The van der Waals surface area contributed by atoms with Gasteiger partial charge in [0.2, 0.25) is 0 Å². The van der Waals surface area contributed by atoms with Gasteiger partial charge in [0.05, 0.1) is 18.4 Å². The van der Waals surface area contributed by atoms with Crippen molar-refractivity contribution < 1.29 is 28.6 Å². The van der Waals surface area contributed by atoms with Crippen molar-refractivity contribution in [1.82, 2.24) is 0 Å². The average molecular weight is 292 g/mol. The quantitative estimate of drug-likeness (QED) is 0.529. The van der Waals surface area contributed by atoms with Crippen LogP contribution in [0.25, 0.3) is 0 Å². The predicted octanol–water partition coefficient (Wildman–Crippen LogP) is 0.646. The lowest BCUT2D eigenvalue weighted by Gasteiger charge is -2.22. The number of ether oxygens (including phenoxy) is 2. The number of hydrogen-bond donors (Lipinski definition) is 2. The van der Waals surface area contributed by atoms with Crippen molar-refractivity contribution in [3.63, 3.8) is 0 Å². The summed E-state index contributed by atoms with van der Waals surface area (Å²) in [5.41, 5.74) is 0. The molecular weight excluding hydrogens is 270 g/mol. The standard InChI is InChI=1S/C11H22BO6P/c1-4-16-10-8(17-11(12)9(10)13)5-6-19(14,15)18-7(2)3/h7-11,13H,4-6H2,1-3H3,(H,14,15)/t8-,9?,10?,11-/m1/s1. The second-order valence-electron chi connectivity index (χ2n) is 4.85. The molecule has 8 heteroatoms. The zero-order chi connectivity index (χ0) is 14.6. The first-order valence-corrected chi connectivity index (χ1v) is 8.24. The molecule has 1 aliphatic rings. The van der Waals surface area contributed by atoms with Gasteiger partial charge < -0.3 is 24.0 Å². The van der Waals surface area contributed by atoms with Crippen molar-refractivity contribution in [1.29, 1.82) is 0 Å². The van der Waals surface area contributed by atoms with Crippen LogP contribution in [0.3, 0.4) is 0 Å². The van der Waals surface area contributed by atoms with Gasteiger partial charge in [0, 0.05) is 12.6 Å². The van der Waals surface area contributed by atoms with Gasteiger partial charge in [-0.05, 0) is 27.2 Å². The van der Waals surface area contributed by atoms with Crippen LogP contribution in [0, 0.1) is 0 Å². The van der Waals surface area contributed by atoms with E-state index in [1.807, 2.05) is 0 Å². The Kier molecular flexibility index (Phi) is 6.50. The van der Waals surface area contributed by atoms with Gasteiger partial charge in [0.15, 0.2) is 0 Å². The molecule has 1 rings (SSSR count). The van der Waals surface area contributed by atoms with Gasteiger partial charge in [-0.2, -0.15) is 0 Å². The Morgan fingerprint density at radius 2 is 2.11 bits per heavy atom. The van der Waals surface area contributed by atoms with Gasteiger partial charge in [-0.1, -0.05) is 0 Å². The Balaban J connectivity index is 2.53. The van der Waals surface area contributed by atoms with Crippen LogP contribution >= 0.6 is 7.60 Å². The van der Waals surface area contributed by atoms with Crippen molar-refractivity contribution >= 4 is 15.4 Å². The first-order chi connectivity index (χ1) is 8.76. The summed E-state index contributed by atoms with van der Waals surface area (Å²) in [5.74, 6) is 0. The van der Waals surface area contributed by atoms with Crippen molar-refractivity contribution in [3.8, 4) is 0 Å². The summed E-state index contributed by atoms with van der Waals surface area (Å²) in [7, 11) is 1.95. The molecule has 0 amide bonds. The molecule has 5 atom stereocenters. The lowest BCUT2D eigenvalue weighted by Crippen LogP contribution is -2.35. The highest BCUT2D eigenvalue weighted by Gasteiger charge is 2.42. The van der Waals surface area contributed by atoms with Crippen LogP contribution in [-0.4, -0.2) is 61.0 Å². The van der Waals surface area contributed by atoms with E-state index in [0.717, 1.165) is 0 Å². The van der Waals surface area contributed by atoms with E-state index in [0.29, 0.717) is 6.61 Å². The van der Waals surface area contributed by atoms with Crippen LogP contribution in [0.1, 0.15) is 27.2 Å². The molecule has 0 aromatic carbocycles. The van der Waals surface area contributed by atoms with E-state index in [1.54, 1.807) is 20.8 Å². The summed E-state index contributed by atoms with van der Waals surface area (Å²) in [6.07, 6.45) is -2.13. The second kappa shape index (κ2) is 7.20. The molecule has 6 nitrogen and oxygen atoms in total. The highest BCUT2D eigenvalue weighted by atomic mass is 31.2. The molecule has 2 radical (unpaired) electrons. The molecule has 110 valence electrons. The molecule has 1 aliphatic heterocycles. The van der Waals surface area contributed by atoms with Crippen LogP contribution < -0.4 is 0 Å². The lowest BCUT2D eigenvalue weighted by atomic mass is 9.93. The maximum absolute atomic E-state index is 11.8. The molecule has 3 unspecified atom stereocenters. The third-order valence-electron chi connectivity index (χ3n) is 2.80. The van der Waals surface area contributed by atoms with Crippen LogP contribution in [0.15, 0.2) is 0 Å². The van der Waals surface area contributed by atoms with Crippen LogP contribution in [0.2, 0.25) is 0 Å². The first kappa shape index (κ1) is 17.1. The molecule has 0 saturated carbocycles. The van der Waals surface area contributed by atoms with Gasteiger partial charge in [-0.25, -0.2) is 0 Å². The van der Waals surface area contributed by atoms with Crippen LogP contribution in [0.5, 0.6) is 0 Å². The van der Waals surface area contributed by atoms with Gasteiger partial charge in [-0.15, -0.1) is 0 Å². The molecule has 0 aliphatic carbocycles. The van der Waals surface area contributed by atoms with E-state index >= 15 is 0 Å². The molecular formula is C11H22BO6P. The largest absolute Gasteiger partial charge is 0.388 e. The lowest BCUT2D eigenvalue weighted by molar-refractivity contribution is -0.0331. The van der Waals surface area contributed by atoms with Crippen molar-refractivity contribution in [2.24, 2.45) is 0 Å². The van der Waals surface area contributed by atoms with E-state index < -0.39 is 31.9 Å². The Labute approximate surface area is 115 Å². The molecule has 0 aromatic rings. The smallest absolute Gasteiger partial charge is 0.328 e. The molecule has 0 bridgehead atoms. The van der Waals surface area contributed by atoms with Crippen molar-refractivity contribution in [2.45, 2.75) is 57.6 Å². The van der Waals surface area contributed by atoms with Gasteiger partial charge >= 0.3 is 7.60 Å². The molecule has 2 N–H and O–H groups in total. The summed E-state index contributed by atoms with van der Waals surface area (Å²) >= 11 is 0. The SMILES string of the molecule is [B][C@@H]1O[C@H](CCP(=O)(O)OC(C)C)C(OCC)C1O. The number of rotatable bonds is 7. The van der Waals surface area contributed by atoms with Gasteiger partial charge in [-0.3, -0.25) is 4.57 Å². The number of hydrogen-bond acceptors (Lipinski definition) is 5. The molecule has 1 saturated heterocycles. The fraction of sp³-hybridized carbons (Fsp3) is 1.00. The van der Waals surface area contributed by atoms with Crippen molar-refractivity contribution in [3.05, 3.63) is 0 Å². The maximum atomic E-state index is 11.8. The summed E-state index contributed by atoms with van der Waals surface area (Å²) in [6.45, 7) is 5.59. The minimum atomic E-state index is -3.64. The minimum absolute atomic E-state index is 0.0567. The van der Waals surface area contributed by atoms with E-state index in [-0.39, 0.29) is 18.7 Å². The Morgan fingerprint density at radius 1 is 1.47 bits per heavy atom. The Morgan fingerprint density at radius 3 is 2.63 bits per heavy atom. The molecule has 1 heterocycles. The third kappa shape index (κ3) is 5.18. The van der Waals surface area contributed by atoms with E-state index in [2.05, 4.69) is 0 Å². The predicted molar refractivity (Wildman–Crippen MR) is 71.4 cm³/mol. The average Bonchev–Trinajstić information content (AvgIpc) is 2.53. The first-order valence-electron chi connectivity index (χ1n) is 6.47. The van der Waals surface area contributed by atoms with Gasteiger partial charge in [0.1, 0.15) is 20.1 Å². The highest BCUT2D eigenvalue weighted by Crippen LogP contribution is 2.45. The molecule has 0 spiro atoms. The van der Waals surface area contributed by atoms with Crippen LogP contribution in [0.4, 0.5) is 0 Å². The van der Waals surface area contributed by atoms with E-state index in [1.165, 1.54) is 0 Å². The fourth-order valence-electron chi connectivity index (χ4n) is 2.07. The summed E-state index contributed by atoms with van der Waals surface area (Å²) in [4.78, 5) is 9.64. The Hall–Kier alpha value is 0.0949. The second-order valence-corrected chi connectivity index (χ2v) is 6.79. The summed E-state index contributed by atoms with van der Waals surface area (Å²) in [6, 6.07) is -0.828. The van der Waals surface area contributed by atoms with E-state index in [9.17, 15) is 14.6 Å². The van der Waals surface area contributed by atoms with E-state index in [4.69, 9.17) is 21.8 Å². The fourth-order valence-corrected chi connectivity index (χ4v) is 3.41. The molecule has 19 heavy (non-hydrogen) atoms. The molecule has 0 aromatic heterocycles. The third-order valence-corrected chi connectivity index (χ3v) is 4.38. The van der Waals surface area contributed by atoms with Gasteiger partial charge in [0.25, 0.3) is 0 Å². The Bertz CT molecular complexity index is 326. The zero-order valence-corrected chi connectivity index (χ0v) is 12.5. The normalized spacial score (nSPS) is 34.6. The number of aliphatic hydroxyl groups excluding tert-OH is 1. The maximum Gasteiger partial charge on any atom is 0.328 e. The summed E-state index contributed by atoms with van der Waals surface area (Å²) < 4.78 is 27.5. The monoisotopic (exact) mass is 292 g/mol. The topological polar surface area (TPSA) is 85.2 Å². The number of aliphatic hydroxyl groups is 1. The van der Waals surface area contributed by atoms with Crippen molar-refractivity contribution in [2.75, 3.05) is 12.8 Å². The molecule has 1 fully saturated rings.